The molecule has 0 aliphatic heterocycles. The molecule has 0 saturated heterocycles. The molecule has 0 saturated carbocycles. The molecule has 0 atom stereocenters. The van der Waals surface area contributed by atoms with Gasteiger partial charge in [-0.3, -0.25) is 9.59 Å². The molecule has 31 heavy (non-hydrogen) atoms. The molecule has 3 aromatic rings. The lowest BCUT2D eigenvalue weighted by Gasteiger charge is -2.21. The molecular formula is C21H17ClF3N3O2S. The van der Waals surface area contributed by atoms with Gasteiger partial charge in [-0.1, -0.05) is 29.8 Å². The van der Waals surface area contributed by atoms with Crippen LogP contribution in [-0.4, -0.2) is 27.1 Å². The van der Waals surface area contributed by atoms with Gasteiger partial charge in [0.05, 0.1) is 22.1 Å². The molecule has 0 radical (unpaired) electrons. The van der Waals surface area contributed by atoms with Crippen molar-refractivity contribution < 1.29 is 18.0 Å². The zero-order valence-electron chi connectivity index (χ0n) is 16.3. The van der Waals surface area contributed by atoms with E-state index < -0.39 is 28.8 Å². The fraction of sp³-hybridized carbons (Fsp3) is 0.190. The summed E-state index contributed by atoms with van der Waals surface area (Å²) in [5, 5.41) is 4.02. The van der Waals surface area contributed by atoms with Crippen LogP contribution in [0.15, 0.2) is 59.9 Å². The van der Waals surface area contributed by atoms with Gasteiger partial charge in [-0.2, -0.15) is 18.3 Å². The number of benzene rings is 1. The first-order valence-corrected chi connectivity index (χ1v) is 10.2. The average Bonchev–Trinajstić information content (AvgIpc) is 3.11. The third kappa shape index (κ3) is 5.05. The maximum Gasteiger partial charge on any atom is 0.418 e. The Bertz CT molecular complexity index is 1190. The first kappa shape index (κ1) is 22.8. The normalized spacial score (nSPS) is 11.4. The smallest absolute Gasteiger partial charge is 0.328 e. The van der Waals surface area contributed by atoms with Gasteiger partial charge < -0.3 is 4.90 Å². The second-order valence-electron chi connectivity index (χ2n) is 6.61. The lowest BCUT2D eigenvalue weighted by Crippen LogP contribution is -2.36. The topological polar surface area (TPSA) is 55.2 Å². The van der Waals surface area contributed by atoms with E-state index >= 15 is 0 Å². The second-order valence-corrected chi connectivity index (χ2v) is 8.41. The van der Waals surface area contributed by atoms with Crippen LogP contribution in [0.4, 0.5) is 13.2 Å². The molecule has 1 amide bonds. The summed E-state index contributed by atoms with van der Waals surface area (Å²) in [6, 6.07) is 9.36. The Hall–Kier alpha value is -2.91. The number of aryl methyl sites for hydroxylation is 1. The van der Waals surface area contributed by atoms with Crippen molar-refractivity contribution in [3.8, 4) is 5.69 Å². The number of thiophene rings is 1. The molecule has 2 aromatic heterocycles. The van der Waals surface area contributed by atoms with Crippen LogP contribution in [0, 0.1) is 6.92 Å². The Morgan fingerprint density at radius 3 is 2.61 bits per heavy atom. The molecule has 3 rings (SSSR count). The predicted molar refractivity (Wildman–Crippen MR) is 114 cm³/mol. The van der Waals surface area contributed by atoms with Crippen molar-refractivity contribution >= 4 is 28.8 Å². The molecule has 0 bridgehead atoms. The van der Waals surface area contributed by atoms with E-state index in [0.717, 1.165) is 21.7 Å². The number of alkyl halides is 3. The fourth-order valence-corrected chi connectivity index (χ4v) is 4.09. The summed E-state index contributed by atoms with van der Waals surface area (Å²) in [6.45, 7) is 5.33. The highest BCUT2D eigenvalue weighted by Gasteiger charge is 2.34. The van der Waals surface area contributed by atoms with E-state index in [0.29, 0.717) is 4.34 Å². The Morgan fingerprint density at radius 1 is 1.29 bits per heavy atom. The molecule has 5 nitrogen and oxygen atoms in total. The summed E-state index contributed by atoms with van der Waals surface area (Å²) in [4.78, 5) is 27.7. The molecule has 0 unspecified atom stereocenters. The molecule has 10 heteroatoms. The SMILES string of the molecule is C=CCN(Cc1ccc(Cl)s1)C(=O)c1nn(-c2ccccc2C(F)(F)F)c(C)cc1=O. The van der Waals surface area contributed by atoms with Crippen molar-refractivity contribution in [3.05, 3.63) is 91.5 Å². The third-order valence-electron chi connectivity index (χ3n) is 4.36. The zero-order valence-corrected chi connectivity index (χ0v) is 17.9. The van der Waals surface area contributed by atoms with Crippen molar-refractivity contribution in [2.75, 3.05) is 6.54 Å². The van der Waals surface area contributed by atoms with E-state index in [1.165, 1.54) is 47.4 Å². The third-order valence-corrected chi connectivity index (χ3v) is 5.58. The zero-order chi connectivity index (χ0) is 22.8. The lowest BCUT2D eigenvalue weighted by molar-refractivity contribution is -0.137. The van der Waals surface area contributed by atoms with Crippen molar-refractivity contribution in [3.63, 3.8) is 0 Å². The van der Waals surface area contributed by atoms with E-state index in [-0.39, 0.29) is 24.5 Å². The minimum absolute atomic E-state index is 0.114. The Balaban J connectivity index is 2.07. The number of para-hydroxylation sites is 1. The minimum Gasteiger partial charge on any atom is -0.328 e. The van der Waals surface area contributed by atoms with Crippen molar-refractivity contribution in [2.45, 2.75) is 19.6 Å². The average molecular weight is 468 g/mol. The van der Waals surface area contributed by atoms with Crippen molar-refractivity contribution in [1.29, 1.82) is 0 Å². The standard InChI is InChI=1S/C21H17ClF3N3O2S/c1-3-10-27(12-14-8-9-18(22)31-14)20(30)19-17(29)11-13(2)28(26-19)16-7-5-4-6-15(16)21(23,24)25/h3-9,11H,1,10,12H2,2H3. The number of hydrogen-bond donors (Lipinski definition) is 0. The minimum atomic E-state index is -4.63. The Kier molecular flexibility index (Phi) is 6.66. The molecule has 0 aliphatic rings. The van der Waals surface area contributed by atoms with E-state index in [9.17, 15) is 22.8 Å². The second kappa shape index (κ2) is 9.07. The summed E-state index contributed by atoms with van der Waals surface area (Å²) in [5.41, 5.74) is -2.20. The van der Waals surface area contributed by atoms with Gasteiger partial charge in [-0.05, 0) is 31.2 Å². The first-order chi connectivity index (χ1) is 14.6. The number of nitrogens with zero attached hydrogens (tertiary/aromatic N) is 3. The van der Waals surface area contributed by atoms with Gasteiger partial charge in [0.25, 0.3) is 5.91 Å². The van der Waals surface area contributed by atoms with Gasteiger partial charge in [0.2, 0.25) is 5.43 Å². The molecule has 0 fully saturated rings. The highest BCUT2D eigenvalue weighted by molar-refractivity contribution is 7.16. The van der Waals surface area contributed by atoms with Crippen molar-refractivity contribution in [2.24, 2.45) is 0 Å². The first-order valence-electron chi connectivity index (χ1n) is 9.03. The highest BCUT2D eigenvalue weighted by Crippen LogP contribution is 2.33. The monoisotopic (exact) mass is 467 g/mol. The summed E-state index contributed by atoms with van der Waals surface area (Å²) in [6.07, 6.45) is -3.15. The van der Waals surface area contributed by atoms with E-state index in [1.807, 2.05) is 0 Å². The number of amides is 1. The Labute approximate surface area is 185 Å². The van der Waals surface area contributed by atoms with Crippen LogP contribution < -0.4 is 5.43 Å². The summed E-state index contributed by atoms with van der Waals surface area (Å²) in [5.74, 6) is -0.715. The molecule has 2 heterocycles. The van der Waals surface area contributed by atoms with Crippen LogP contribution in [0.5, 0.6) is 0 Å². The predicted octanol–water partition coefficient (Wildman–Crippen LogP) is 5.10. The quantitative estimate of drug-likeness (QED) is 0.474. The number of halogens is 4. The van der Waals surface area contributed by atoms with Crippen LogP contribution in [0.25, 0.3) is 5.69 Å². The molecule has 162 valence electrons. The van der Waals surface area contributed by atoms with Gasteiger partial charge in [0.15, 0.2) is 5.69 Å². The molecule has 0 N–H and O–H groups in total. The maximum absolute atomic E-state index is 13.5. The number of hydrogen-bond acceptors (Lipinski definition) is 4. The molecule has 0 aliphatic carbocycles. The van der Waals surface area contributed by atoms with E-state index in [2.05, 4.69) is 11.7 Å². The van der Waals surface area contributed by atoms with Crippen molar-refractivity contribution in [1.82, 2.24) is 14.7 Å². The fourth-order valence-electron chi connectivity index (χ4n) is 2.99. The van der Waals surface area contributed by atoms with Gasteiger partial charge in [0, 0.05) is 23.2 Å². The van der Waals surface area contributed by atoms with Crippen LogP contribution in [0.3, 0.4) is 0 Å². The van der Waals surface area contributed by atoms with E-state index in [4.69, 9.17) is 11.6 Å². The molecule has 1 aromatic carbocycles. The van der Waals surface area contributed by atoms with Gasteiger partial charge in [-0.15, -0.1) is 17.9 Å². The van der Waals surface area contributed by atoms with Crippen LogP contribution in [-0.2, 0) is 12.7 Å². The summed E-state index contributed by atoms with van der Waals surface area (Å²) >= 11 is 7.21. The summed E-state index contributed by atoms with van der Waals surface area (Å²) in [7, 11) is 0. The van der Waals surface area contributed by atoms with Gasteiger partial charge in [-0.25, -0.2) is 4.68 Å². The molecular weight excluding hydrogens is 451 g/mol. The number of rotatable bonds is 6. The summed E-state index contributed by atoms with van der Waals surface area (Å²) < 4.78 is 41.9. The maximum atomic E-state index is 13.5. The Morgan fingerprint density at radius 2 is 2.00 bits per heavy atom. The van der Waals surface area contributed by atoms with Crippen LogP contribution in [0.1, 0.15) is 26.6 Å². The lowest BCUT2D eigenvalue weighted by atomic mass is 10.1. The van der Waals surface area contributed by atoms with Crippen LogP contribution in [0.2, 0.25) is 4.34 Å². The number of carbonyl (C=O) groups excluding carboxylic acids is 1. The largest absolute Gasteiger partial charge is 0.418 e. The van der Waals surface area contributed by atoms with E-state index in [1.54, 1.807) is 12.1 Å². The highest BCUT2D eigenvalue weighted by atomic mass is 35.5. The van der Waals surface area contributed by atoms with Gasteiger partial charge >= 0.3 is 6.18 Å². The number of aromatic nitrogens is 2. The molecule has 0 spiro atoms. The van der Waals surface area contributed by atoms with Gasteiger partial charge in [0.1, 0.15) is 0 Å². The van der Waals surface area contributed by atoms with Crippen LogP contribution >= 0.6 is 22.9 Å². The number of carbonyl (C=O) groups is 1.